The summed E-state index contributed by atoms with van der Waals surface area (Å²) in [5, 5.41) is 4.95. The summed E-state index contributed by atoms with van der Waals surface area (Å²) in [4.78, 5) is 12.1. The molecule has 0 aliphatic rings. The molecule has 0 radical (unpaired) electrons. The van der Waals surface area contributed by atoms with E-state index in [1.165, 1.54) is 0 Å². The van der Waals surface area contributed by atoms with Gasteiger partial charge < -0.3 is 10.1 Å². The average Bonchev–Trinajstić information content (AvgIpc) is 2.50. The van der Waals surface area contributed by atoms with Crippen molar-refractivity contribution in [3.63, 3.8) is 0 Å². The first-order valence-corrected chi connectivity index (χ1v) is 7.96. The third kappa shape index (κ3) is 7.79. The number of benzene rings is 1. The van der Waals surface area contributed by atoms with Gasteiger partial charge in [-0.2, -0.15) is 13.2 Å². The Morgan fingerprint density at radius 2 is 1.75 bits per heavy atom. The van der Waals surface area contributed by atoms with E-state index in [9.17, 15) is 18.0 Å². The highest BCUT2D eigenvalue weighted by atomic mass is 19.4. The van der Waals surface area contributed by atoms with E-state index in [-0.39, 0.29) is 12.5 Å². The van der Waals surface area contributed by atoms with Crippen LogP contribution in [0.5, 0.6) is 0 Å². The summed E-state index contributed by atoms with van der Waals surface area (Å²) in [6.45, 7) is 5.58. The van der Waals surface area contributed by atoms with Crippen molar-refractivity contribution in [2.45, 2.75) is 46.1 Å². The van der Waals surface area contributed by atoms with Crippen LogP contribution < -0.4 is 10.6 Å². The molecule has 0 spiro atoms. The highest BCUT2D eigenvalue weighted by Gasteiger charge is 2.31. The van der Waals surface area contributed by atoms with Crippen LogP contribution in [0.25, 0.3) is 0 Å². The van der Waals surface area contributed by atoms with Crippen LogP contribution in [0.1, 0.15) is 31.9 Å². The molecule has 0 fully saturated rings. The largest absolute Gasteiger partial charge is 0.401 e. The van der Waals surface area contributed by atoms with Gasteiger partial charge in [0.2, 0.25) is 5.91 Å². The lowest BCUT2D eigenvalue weighted by molar-refractivity contribution is -0.133. The standard InChI is InChI=1S/C17H25F3N2O2/c1-4-24-10-14-7-5-13(6-8-14)9-21-16(23)15(12(2)3)22-11-17(18,19)20/h5-8,12,15,22H,4,9-11H2,1-3H3,(H,21,23)/t15-/m1/s1. The second-order valence-electron chi connectivity index (χ2n) is 5.89. The normalized spacial score (nSPS) is 13.1. The molecule has 0 aliphatic heterocycles. The Bertz CT molecular complexity index is 502. The summed E-state index contributed by atoms with van der Waals surface area (Å²) in [7, 11) is 0. The number of ether oxygens (including phenoxy) is 1. The van der Waals surface area contributed by atoms with E-state index >= 15 is 0 Å². The average molecular weight is 346 g/mol. The van der Waals surface area contributed by atoms with E-state index in [1.54, 1.807) is 13.8 Å². The second-order valence-corrected chi connectivity index (χ2v) is 5.89. The Balaban J connectivity index is 2.52. The van der Waals surface area contributed by atoms with Crippen LogP contribution in [0.15, 0.2) is 24.3 Å². The Morgan fingerprint density at radius 1 is 1.17 bits per heavy atom. The van der Waals surface area contributed by atoms with Crippen molar-refractivity contribution in [1.29, 1.82) is 0 Å². The molecule has 0 heterocycles. The van der Waals surface area contributed by atoms with Crippen LogP contribution >= 0.6 is 0 Å². The number of hydrogen-bond donors (Lipinski definition) is 2. The fourth-order valence-corrected chi connectivity index (χ4v) is 2.13. The Kier molecular flexibility index (Phi) is 8.21. The van der Waals surface area contributed by atoms with Crippen molar-refractivity contribution in [3.8, 4) is 0 Å². The lowest BCUT2D eigenvalue weighted by Crippen LogP contribution is -2.49. The van der Waals surface area contributed by atoms with Crippen molar-refractivity contribution < 1.29 is 22.7 Å². The number of rotatable bonds is 9. The molecule has 1 aromatic carbocycles. The van der Waals surface area contributed by atoms with Crippen LogP contribution in [-0.4, -0.2) is 31.3 Å². The van der Waals surface area contributed by atoms with Gasteiger partial charge in [0.05, 0.1) is 19.2 Å². The molecule has 24 heavy (non-hydrogen) atoms. The zero-order valence-corrected chi connectivity index (χ0v) is 14.2. The first kappa shape index (κ1) is 20.4. The van der Waals surface area contributed by atoms with E-state index in [0.29, 0.717) is 13.2 Å². The lowest BCUT2D eigenvalue weighted by Gasteiger charge is -2.22. The van der Waals surface area contributed by atoms with E-state index in [0.717, 1.165) is 11.1 Å². The second kappa shape index (κ2) is 9.64. The van der Waals surface area contributed by atoms with Gasteiger partial charge in [-0.1, -0.05) is 38.1 Å². The van der Waals surface area contributed by atoms with Gasteiger partial charge >= 0.3 is 6.18 Å². The zero-order valence-electron chi connectivity index (χ0n) is 14.2. The van der Waals surface area contributed by atoms with Crippen molar-refractivity contribution in [2.75, 3.05) is 13.2 Å². The lowest BCUT2D eigenvalue weighted by atomic mass is 10.0. The molecule has 1 aromatic rings. The van der Waals surface area contributed by atoms with Crippen molar-refractivity contribution in [2.24, 2.45) is 5.92 Å². The molecule has 0 saturated carbocycles. The van der Waals surface area contributed by atoms with Gasteiger partial charge in [0.15, 0.2) is 0 Å². The quantitative estimate of drug-likeness (QED) is 0.723. The molecule has 7 heteroatoms. The summed E-state index contributed by atoms with van der Waals surface area (Å²) < 4.78 is 42.2. The predicted molar refractivity (Wildman–Crippen MR) is 86.3 cm³/mol. The van der Waals surface area contributed by atoms with E-state index < -0.39 is 24.7 Å². The Hall–Kier alpha value is -1.60. The monoisotopic (exact) mass is 346 g/mol. The van der Waals surface area contributed by atoms with Crippen molar-refractivity contribution in [1.82, 2.24) is 10.6 Å². The molecular weight excluding hydrogens is 321 g/mol. The molecule has 1 atom stereocenters. The number of carbonyl (C=O) groups excluding carboxylic acids is 1. The molecule has 0 bridgehead atoms. The summed E-state index contributed by atoms with van der Waals surface area (Å²) in [5.74, 6) is -0.687. The molecule has 0 aliphatic carbocycles. The SMILES string of the molecule is CCOCc1ccc(CNC(=O)[C@H](NCC(F)(F)F)C(C)C)cc1. The maximum absolute atomic E-state index is 12.3. The van der Waals surface area contributed by atoms with E-state index in [4.69, 9.17) is 4.74 Å². The summed E-state index contributed by atoms with van der Waals surface area (Å²) >= 11 is 0. The van der Waals surface area contributed by atoms with Gasteiger partial charge in [-0.05, 0) is 24.0 Å². The van der Waals surface area contributed by atoms with Crippen LogP contribution in [0, 0.1) is 5.92 Å². The number of halogens is 3. The molecule has 1 rings (SSSR count). The van der Waals surface area contributed by atoms with Crippen LogP contribution in [0.3, 0.4) is 0 Å². The minimum absolute atomic E-state index is 0.249. The Morgan fingerprint density at radius 3 is 2.25 bits per heavy atom. The number of carbonyl (C=O) groups is 1. The first-order valence-electron chi connectivity index (χ1n) is 7.96. The van der Waals surface area contributed by atoms with Crippen LogP contribution in [-0.2, 0) is 22.7 Å². The summed E-state index contributed by atoms with van der Waals surface area (Å²) in [6.07, 6.45) is -4.34. The molecule has 2 N–H and O–H groups in total. The molecule has 136 valence electrons. The molecular formula is C17H25F3N2O2. The third-order valence-electron chi connectivity index (χ3n) is 3.43. The topological polar surface area (TPSA) is 50.4 Å². The minimum Gasteiger partial charge on any atom is -0.377 e. The van der Waals surface area contributed by atoms with Crippen LogP contribution in [0.4, 0.5) is 13.2 Å². The number of amides is 1. The number of nitrogens with one attached hydrogen (secondary N) is 2. The molecule has 1 amide bonds. The van der Waals surface area contributed by atoms with Gasteiger partial charge in [-0.15, -0.1) is 0 Å². The molecule has 0 unspecified atom stereocenters. The molecule has 0 saturated heterocycles. The predicted octanol–water partition coefficient (Wildman–Crippen LogP) is 3.02. The summed E-state index contributed by atoms with van der Waals surface area (Å²) in [5.41, 5.74) is 1.90. The summed E-state index contributed by atoms with van der Waals surface area (Å²) in [6, 6.07) is 6.64. The maximum Gasteiger partial charge on any atom is 0.401 e. The number of hydrogen-bond acceptors (Lipinski definition) is 3. The fraction of sp³-hybridized carbons (Fsp3) is 0.588. The Labute approximate surface area is 140 Å². The smallest absolute Gasteiger partial charge is 0.377 e. The highest BCUT2D eigenvalue weighted by Crippen LogP contribution is 2.14. The van der Waals surface area contributed by atoms with Crippen molar-refractivity contribution >= 4 is 5.91 Å². The van der Waals surface area contributed by atoms with Crippen LogP contribution in [0.2, 0.25) is 0 Å². The van der Waals surface area contributed by atoms with Gasteiger partial charge in [-0.3, -0.25) is 10.1 Å². The third-order valence-corrected chi connectivity index (χ3v) is 3.43. The maximum atomic E-state index is 12.3. The van der Waals surface area contributed by atoms with Gasteiger partial charge in [0.25, 0.3) is 0 Å². The highest BCUT2D eigenvalue weighted by molar-refractivity contribution is 5.82. The number of alkyl halides is 3. The first-order chi connectivity index (χ1) is 11.2. The fourth-order valence-electron chi connectivity index (χ4n) is 2.13. The van der Waals surface area contributed by atoms with E-state index in [2.05, 4.69) is 10.6 Å². The molecule has 4 nitrogen and oxygen atoms in total. The zero-order chi connectivity index (χ0) is 18.2. The van der Waals surface area contributed by atoms with Gasteiger partial charge in [0, 0.05) is 13.2 Å². The van der Waals surface area contributed by atoms with E-state index in [1.807, 2.05) is 31.2 Å². The van der Waals surface area contributed by atoms with Gasteiger partial charge in [0.1, 0.15) is 0 Å². The van der Waals surface area contributed by atoms with Crippen molar-refractivity contribution in [3.05, 3.63) is 35.4 Å². The minimum atomic E-state index is -4.34. The van der Waals surface area contributed by atoms with Gasteiger partial charge in [-0.25, -0.2) is 0 Å². The molecule has 0 aromatic heterocycles.